The highest BCUT2D eigenvalue weighted by atomic mass is 19.1. The summed E-state index contributed by atoms with van der Waals surface area (Å²) in [5.41, 5.74) is 4.64. The highest BCUT2D eigenvalue weighted by Gasteiger charge is 2.08. The second-order valence-corrected chi connectivity index (χ2v) is 6.47. The van der Waals surface area contributed by atoms with Gasteiger partial charge >= 0.3 is 11.9 Å². The van der Waals surface area contributed by atoms with Crippen LogP contribution in [0.15, 0.2) is 48.6 Å². The number of hydrogen-bond acceptors (Lipinski definition) is 3. The third-order valence-corrected chi connectivity index (χ3v) is 3.70. The molecule has 0 aromatic carbocycles. The minimum Gasteiger partial charge on any atom is -0.481 e. The summed E-state index contributed by atoms with van der Waals surface area (Å²) in [5.74, 6) is -2.02. The van der Waals surface area contributed by atoms with Crippen molar-refractivity contribution >= 4 is 11.9 Å². The summed E-state index contributed by atoms with van der Waals surface area (Å²) < 4.78 is 11.1. The van der Waals surface area contributed by atoms with Crippen LogP contribution in [0.5, 0.6) is 0 Å². The molecule has 0 saturated heterocycles. The Hall–Kier alpha value is -2.21. The lowest BCUT2D eigenvalue weighted by Crippen LogP contribution is -2.31. The van der Waals surface area contributed by atoms with E-state index in [0.29, 0.717) is 0 Å². The highest BCUT2D eigenvalue weighted by Crippen LogP contribution is 2.01. The molecule has 4 N–H and O–H groups in total. The van der Waals surface area contributed by atoms with Gasteiger partial charge in [0.05, 0.1) is 0 Å². The Bertz CT molecular complexity index is 513. The predicted molar refractivity (Wildman–Crippen MR) is 118 cm³/mol. The Balaban J connectivity index is 0. The largest absolute Gasteiger partial charge is 0.481 e. The molecule has 6 heteroatoms. The number of allylic oxidation sites excluding steroid dienone is 8. The first-order valence-corrected chi connectivity index (χ1v) is 10.3. The molecule has 0 aromatic rings. The summed E-state index contributed by atoms with van der Waals surface area (Å²) >= 11 is 0. The van der Waals surface area contributed by atoms with E-state index >= 15 is 0 Å². The van der Waals surface area contributed by atoms with Crippen molar-refractivity contribution in [3.8, 4) is 0 Å². The van der Waals surface area contributed by atoms with Gasteiger partial charge in [0.25, 0.3) is 0 Å². The normalized spacial score (nSPS) is 12.7. The molecular weight excluding hydrogens is 373 g/mol. The lowest BCUT2D eigenvalue weighted by atomic mass is 10.2. The van der Waals surface area contributed by atoms with Gasteiger partial charge in [-0.25, -0.2) is 4.39 Å². The van der Waals surface area contributed by atoms with Gasteiger partial charge in [0.15, 0.2) is 0 Å². The van der Waals surface area contributed by atoms with Crippen LogP contribution in [0.3, 0.4) is 0 Å². The highest BCUT2D eigenvalue weighted by molar-refractivity contribution is 5.73. The molecule has 0 unspecified atom stereocenters. The maximum atomic E-state index is 11.1. The van der Waals surface area contributed by atoms with Gasteiger partial charge in [0, 0.05) is 6.42 Å². The van der Waals surface area contributed by atoms with Crippen LogP contribution in [0.1, 0.15) is 71.1 Å². The van der Waals surface area contributed by atoms with Crippen LogP contribution in [0.4, 0.5) is 4.39 Å². The number of carboxylic acids is 2. The molecule has 29 heavy (non-hydrogen) atoms. The number of carboxylic acid groups (broad SMARTS) is 2. The number of hydrogen-bond donors (Lipinski definition) is 3. The maximum Gasteiger partial charge on any atom is 0.323 e. The van der Waals surface area contributed by atoms with Crippen molar-refractivity contribution < 1.29 is 24.2 Å². The lowest BCUT2D eigenvalue weighted by Gasteiger charge is -1.94. The molecule has 0 fully saturated rings. The average molecular weight is 412 g/mol. The van der Waals surface area contributed by atoms with E-state index in [-0.39, 0.29) is 6.42 Å². The SMILES string of the molecule is CCCCC/C=C\C/C=C\C/C=C\C/C=C\CCCC(=O)O.N[C@H](CF)C(=O)O. The predicted octanol–water partition coefficient (Wildman–Crippen LogP) is 5.58. The molecule has 0 aliphatic rings. The monoisotopic (exact) mass is 411 g/mol. The minimum atomic E-state index is -1.35. The smallest absolute Gasteiger partial charge is 0.323 e. The number of alkyl halides is 1. The van der Waals surface area contributed by atoms with Gasteiger partial charge in [-0.2, -0.15) is 0 Å². The second kappa shape index (κ2) is 23.8. The molecule has 0 radical (unpaired) electrons. The summed E-state index contributed by atoms with van der Waals surface area (Å²) in [7, 11) is 0. The van der Waals surface area contributed by atoms with Crippen molar-refractivity contribution in [2.45, 2.75) is 77.2 Å². The number of aliphatic carboxylic acids is 2. The van der Waals surface area contributed by atoms with Crippen LogP contribution in [0.25, 0.3) is 0 Å². The fourth-order valence-corrected chi connectivity index (χ4v) is 2.00. The summed E-state index contributed by atoms with van der Waals surface area (Å²) in [6.07, 6.45) is 27.3. The van der Waals surface area contributed by atoms with Crippen LogP contribution in [-0.2, 0) is 9.59 Å². The van der Waals surface area contributed by atoms with Gasteiger partial charge in [0.1, 0.15) is 12.7 Å². The van der Waals surface area contributed by atoms with Gasteiger partial charge < -0.3 is 15.9 Å². The maximum absolute atomic E-state index is 11.1. The number of halogens is 1. The van der Waals surface area contributed by atoms with Gasteiger partial charge in [-0.15, -0.1) is 0 Å². The molecular formula is C23H38FNO4. The first-order chi connectivity index (χ1) is 14.0. The Morgan fingerprint density at radius 1 is 0.828 bits per heavy atom. The number of nitrogens with two attached hydrogens (primary N) is 1. The van der Waals surface area contributed by atoms with E-state index in [0.717, 1.165) is 32.1 Å². The minimum absolute atomic E-state index is 0.262. The average Bonchev–Trinajstić information content (AvgIpc) is 2.69. The Labute approximate surface area is 174 Å². The molecule has 0 aliphatic heterocycles. The fourth-order valence-electron chi connectivity index (χ4n) is 2.00. The summed E-state index contributed by atoms with van der Waals surface area (Å²) in [6, 6.07) is -1.35. The summed E-state index contributed by atoms with van der Waals surface area (Å²) in [4.78, 5) is 19.9. The van der Waals surface area contributed by atoms with E-state index in [1.54, 1.807) is 0 Å². The summed E-state index contributed by atoms with van der Waals surface area (Å²) in [6.45, 7) is 1.23. The van der Waals surface area contributed by atoms with E-state index in [1.165, 1.54) is 25.7 Å². The van der Waals surface area contributed by atoms with Crippen molar-refractivity contribution in [1.29, 1.82) is 0 Å². The number of rotatable bonds is 16. The van der Waals surface area contributed by atoms with Crippen molar-refractivity contribution in [2.24, 2.45) is 5.73 Å². The molecule has 0 heterocycles. The zero-order valence-corrected chi connectivity index (χ0v) is 17.6. The van der Waals surface area contributed by atoms with Crippen molar-refractivity contribution in [1.82, 2.24) is 0 Å². The molecule has 0 rings (SSSR count). The van der Waals surface area contributed by atoms with E-state index in [9.17, 15) is 14.0 Å². The van der Waals surface area contributed by atoms with Crippen molar-refractivity contribution in [3.63, 3.8) is 0 Å². The van der Waals surface area contributed by atoms with Crippen LogP contribution in [-0.4, -0.2) is 34.9 Å². The zero-order chi connectivity index (χ0) is 22.2. The topological polar surface area (TPSA) is 101 Å². The Morgan fingerprint density at radius 3 is 1.62 bits per heavy atom. The molecule has 5 nitrogen and oxygen atoms in total. The van der Waals surface area contributed by atoms with Gasteiger partial charge in [-0.3, -0.25) is 9.59 Å². The van der Waals surface area contributed by atoms with Crippen molar-refractivity contribution in [3.05, 3.63) is 48.6 Å². The molecule has 1 atom stereocenters. The van der Waals surface area contributed by atoms with E-state index in [2.05, 4.69) is 61.3 Å². The third kappa shape index (κ3) is 28.1. The zero-order valence-electron chi connectivity index (χ0n) is 17.6. The van der Waals surface area contributed by atoms with Gasteiger partial charge in [-0.1, -0.05) is 68.4 Å². The fraction of sp³-hybridized carbons (Fsp3) is 0.565. The second-order valence-electron chi connectivity index (χ2n) is 6.47. The Kier molecular flexibility index (Phi) is 23.8. The van der Waals surface area contributed by atoms with E-state index in [1.807, 2.05) is 0 Å². The first kappa shape index (κ1) is 29.0. The quantitative estimate of drug-likeness (QED) is 0.227. The number of carbonyl (C=O) groups is 2. The molecule has 0 aromatic heterocycles. The third-order valence-electron chi connectivity index (χ3n) is 3.70. The number of unbranched alkanes of at least 4 members (excludes halogenated alkanes) is 4. The Morgan fingerprint density at radius 2 is 1.28 bits per heavy atom. The molecule has 0 bridgehead atoms. The first-order valence-electron chi connectivity index (χ1n) is 10.3. The van der Waals surface area contributed by atoms with Gasteiger partial charge in [-0.05, 0) is 44.9 Å². The van der Waals surface area contributed by atoms with E-state index < -0.39 is 24.7 Å². The summed E-state index contributed by atoms with van der Waals surface area (Å²) in [5, 5.41) is 16.3. The van der Waals surface area contributed by atoms with Crippen molar-refractivity contribution in [2.75, 3.05) is 6.67 Å². The van der Waals surface area contributed by atoms with Crippen LogP contribution < -0.4 is 5.73 Å². The molecule has 0 saturated carbocycles. The van der Waals surface area contributed by atoms with E-state index in [4.69, 9.17) is 10.2 Å². The molecule has 166 valence electrons. The van der Waals surface area contributed by atoms with Gasteiger partial charge in [0.2, 0.25) is 0 Å². The molecule has 0 amide bonds. The standard InChI is InChI=1S/C20H32O2.C3H6FNO2/c1-2-3-4-5-6-7-8-9-10-11-12-13-14-15-16-17-18-19-20(21)22;4-1-2(5)3(6)7/h6-7,9-10,12-13,15-16H,2-5,8,11,14,17-19H2,1H3,(H,21,22);2H,1,5H2,(H,6,7)/b7-6-,10-9-,13-12-,16-15-;/t;2-/m.1/s1. The van der Waals surface area contributed by atoms with Crippen LogP contribution >= 0.6 is 0 Å². The molecule has 0 aliphatic carbocycles. The lowest BCUT2D eigenvalue weighted by molar-refractivity contribution is -0.139. The molecule has 0 spiro atoms. The van der Waals surface area contributed by atoms with Crippen LogP contribution in [0.2, 0.25) is 0 Å². The van der Waals surface area contributed by atoms with Crippen LogP contribution in [0, 0.1) is 0 Å².